The number of aromatic nitrogens is 1. The smallest absolute Gasteiger partial charge is 0.227 e. The Morgan fingerprint density at radius 2 is 2.00 bits per heavy atom. The van der Waals surface area contributed by atoms with E-state index in [1.807, 2.05) is 31.2 Å². The van der Waals surface area contributed by atoms with E-state index in [9.17, 15) is 0 Å². The molecule has 3 rings (SSSR count). The number of nitrogens with zero attached hydrogens (tertiary/aromatic N) is 1. The summed E-state index contributed by atoms with van der Waals surface area (Å²) in [5.74, 6) is 0.519. The van der Waals surface area contributed by atoms with Gasteiger partial charge in [0.25, 0.3) is 0 Å². The molecule has 5 heteroatoms. The summed E-state index contributed by atoms with van der Waals surface area (Å²) >= 11 is 9.44. The first-order valence-electron chi connectivity index (χ1n) is 5.66. The highest BCUT2D eigenvalue weighted by Crippen LogP contribution is 2.31. The molecule has 1 aromatic heterocycles. The van der Waals surface area contributed by atoms with E-state index >= 15 is 0 Å². The van der Waals surface area contributed by atoms with Crippen molar-refractivity contribution in [2.45, 2.75) is 6.92 Å². The van der Waals surface area contributed by atoms with Crippen LogP contribution in [0.1, 0.15) is 5.56 Å². The molecule has 0 fully saturated rings. The second-order valence-corrected chi connectivity index (χ2v) is 5.73. The molecule has 0 aliphatic carbocycles. The van der Waals surface area contributed by atoms with Crippen LogP contribution >= 0.6 is 27.5 Å². The second kappa shape index (κ2) is 4.54. The van der Waals surface area contributed by atoms with E-state index in [4.69, 9.17) is 21.8 Å². The lowest BCUT2D eigenvalue weighted by molar-refractivity contribution is 0.621. The first kappa shape index (κ1) is 12.5. The van der Waals surface area contributed by atoms with Gasteiger partial charge >= 0.3 is 0 Å². The summed E-state index contributed by atoms with van der Waals surface area (Å²) in [5, 5.41) is 0.659. The molecular formula is C14H10BrClN2O. The van der Waals surface area contributed by atoms with Crippen molar-refractivity contribution >= 4 is 44.3 Å². The largest absolute Gasteiger partial charge is 0.434 e. The van der Waals surface area contributed by atoms with E-state index in [2.05, 4.69) is 20.9 Å². The minimum Gasteiger partial charge on any atom is -0.434 e. The van der Waals surface area contributed by atoms with Crippen LogP contribution in [0, 0.1) is 6.92 Å². The number of oxazole rings is 1. The van der Waals surface area contributed by atoms with Crippen LogP contribution in [-0.2, 0) is 0 Å². The number of nitrogens with two attached hydrogens (primary N) is 1. The molecule has 0 radical (unpaired) electrons. The van der Waals surface area contributed by atoms with Gasteiger partial charge < -0.3 is 10.2 Å². The molecule has 2 N–H and O–H groups in total. The molecule has 0 bridgehead atoms. The van der Waals surface area contributed by atoms with E-state index in [-0.39, 0.29) is 0 Å². The number of halogens is 2. The Morgan fingerprint density at radius 1 is 1.21 bits per heavy atom. The second-order valence-electron chi connectivity index (χ2n) is 4.38. The van der Waals surface area contributed by atoms with E-state index < -0.39 is 0 Å². The summed E-state index contributed by atoms with van der Waals surface area (Å²) in [5.41, 5.74) is 9.69. The summed E-state index contributed by atoms with van der Waals surface area (Å²) in [7, 11) is 0. The molecule has 1 heterocycles. The van der Waals surface area contributed by atoms with Crippen molar-refractivity contribution in [1.29, 1.82) is 0 Å². The van der Waals surface area contributed by atoms with Crippen LogP contribution in [-0.4, -0.2) is 4.98 Å². The zero-order valence-electron chi connectivity index (χ0n) is 10.1. The van der Waals surface area contributed by atoms with Crippen molar-refractivity contribution in [2.24, 2.45) is 0 Å². The minimum atomic E-state index is 0.519. The third-order valence-corrected chi connectivity index (χ3v) is 3.45. The van der Waals surface area contributed by atoms with Gasteiger partial charge in [-0.25, -0.2) is 4.98 Å². The van der Waals surface area contributed by atoms with Crippen molar-refractivity contribution < 1.29 is 4.42 Å². The van der Waals surface area contributed by atoms with Crippen LogP contribution in [0.5, 0.6) is 0 Å². The molecule has 0 unspecified atom stereocenters. The Morgan fingerprint density at radius 3 is 2.74 bits per heavy atom. The molecule has 0 amide bonds. The van der Waals surface area contributed by atoms with Gasteiger partial charge in [0.1, 0.15) is 5.52 Å². The average molecular weight is 338 g/mol. The van der Waals surface area contributed by atoms with Gasteiger partial charge in [-0.15, -0.1) is 0 Å². The predicted octanol–water partition coefficient (Wildman–Crippen LogP) is 4.80. The zero-order valence-corrected chi connectivity index (χ0v) is 12.4. The third-order valence-electron chi connectivity index (χ3n) is 2.77. The van der Waals surface area contributed by atoms with Gasteiger partial charge in [0, 0.05) is 15.1 Å². The minimum absolute atomic E-state index is 0.519. The van der Waals surface area contributed by atoms with Gasteiger partial charge in [-0.05, 0) is 42.8 Å². The van der Waals surface area contributed by atoms with Crippen LogP contribution in [0.25, 0.3) is 22.6 Å². The highest BCUT2D eigenvalue weighted by atomic mass is 79.9. The number of aryl methyl sites for hydroxylation is 1. The molecule has 3 aromatic rings. The molecule has 0 aliphatic rings. The van der Waals surface area contributed by atoms with Gasteiger partial charge in [0.05, 0.1) is 5.69 Å². The maximum absolute atomic E-state index is 6.05. The number of nitrogen functional groups attached to an aromatic ring is 1. The summed E-state index contributed by atoms with van der Waals surface area (Å²) < 4.78 is 6.61. The number of hydrogen-bond acceptors (Lipinski definition) is 3. The van der Waals surface area contributed by atoms with Crippen molar-refractivity contribution in [1.82, 2.24) is 4.98 Å². The molecule has 2 aromatic carbocycles. The molecular weight excluding hydrogens is 328 g/mol. The molecule has 19 heavy (non-hydrogen) atoms. The van der Waals surface area contributed by atoms with Crippen LogP contribution in [0.4, 0.5) is 5.69 Å². The van der Waals surface area contributed by atoms with Crippen molar-refractivity contribution in [3.8, 4) is 11.5 Å². The first-order chi connectivity index (χ1) is 9.02. The van der Waals surface area contributed by atoms with Gasteiger partial charge in [-0.3, -0.25) is 0 Å². The third kappa shape index (κ3) is 2.33. The Labute approximate surface area is 123 Å². The first-order valence-corrected chi connectivity index (χ1v) is 6.83. The fraction of sp³-hybridized carbons (Fsp3) is 0.0714. The van der Waals surface area contributed by atoms with Crippen LogP contribution in [0.15, 0.2) is 39.2 Å². The number of rotatable bonds is 1. The van der Waals surface area contributed by atoms with E-state index in [0.717, 1.165) is 21.1 Å². The fourth-order valence-corrected chi connectivity index (χ4v) is 2.76. The summed E-state index contributed by atoms with van der Waals surface area (Å²) in [6.45, 7) is 1.98. The fourth-order valence-electron chi connectivity index (χ4n) is 2.01. The number of hydrogen-bond donors (Lipinski definition) is 1. The highest BCUT2D eigenvalue weighted by molar-refractivity contribution is 9.10. The van der Waals surface area contributed by atoms with Crippen molar-refractivity contribution in [3.63, 3.8) is 0 Å². The highest BCUT2D eigenvalue weighted by Gasteiger charge is 2.12. The zero-order chi connectivity index (χ0) is 13.6. The van der Waals surface area contributed by atoms with Crippen LogP contribution < -0.4 is 5.73 Å². The Kier molecular flexibility index (Phi) is 2.99. The lowest BCUT2D eigenvalue weighted by Crippen LogP contribution is -1.84. The predicted molar refractivity (Wildman–Crippen MR) is 81.3 cm³/mol. The maximum atomic E-state index is 6.05. The lowest BCUT2D eigenvalue weighted by Gasteiger charge is -1.99. The number of anilines is 1. The van der Waals surface area contributed by atoms with Crippen molar-refractivity contribution in [2.75, 3.05) is 5.73 Å². The SMILES string of the molecule is Cc1cc(Cl)cc(-c2nc3cc(Br)cc(N)c3o2)c1. The number of fused-ring (bicyclic) bond motifs is 1. The Hall–Kier alpha value is -1.52. The van der Waals surface area contributed by atoms with Gasteiger partial charge in [-0.1, -0.05) is 27.5 Å². The Balaban J connectivity index is 2.23. The molecule has 0 spiro atoms. The molecule has 96 valence electrons. The van der Waals surface area contributed by atoms with E-state index in [0.29, 0.717) is 22.2 Å². The van der Waals surface area contributed by atoms with Gasteiger partial charge in [-0.2, -0.15) is 0 Å². The maximum Gasteiger partial charge on any atom is 0.227 e. The standard InChI is InChI=1S/C14H10BrClN2O/c1-7-2-8(4-10(16)3-7)14-18-12-6-9(15)5-11(17)13(12)19-14/h2-6H,17H2,1H3. The molecule has 0 atom stereocenters. The van der Waals surface area contributed by atoms with E-state index in [1.54, 1.807) is 6.07 Å². The quantitative estimate of drug-likeness (QED) is 0.649. The average Bonchev–Trinajstić information content (AvgIpc) is 2.71. The van der Waals surface area contributed by atoms with Crippen LogP contribution in [0.3, 0.4) is 0 Å². The topological polar surface area (TPSA) is 52.0 Å². The number of benzene rings is 2. The molecule has 0 saturated carbocycles. The molecule has 3 nitrogen and oxygen atoms in total. The monoisotopic (exact) mass is 336 g/mol. The lowest BCUT2D eigenvalue weighted by atomic mass is 10.1. The normalized spacial score (nSPS) is 11.1. The van der Waals surface area contributed by atoms with Gasteiger partial charge in [0.15, 0.2) is 5.58 Å². The Bertz CT molecular complexity index is 762. The molecule has 0 aliphatic heterocycles. The van der Waals surface area contributed by atoms with Crippen LogP contribution in [0.2, 0.25) is 5.02 Å². The summed E-state index contributed by atoms with van der Waals surface area (Å²) in [6, 6.07) is 9.35. The van der Waals surface area contributed by atoms with Crippen molar-refractivity contribution in [3.05, 3.63) is 45.4 Å². The summed E-state index contributed by atoms with van der Waals surface area (Å²) in [6.07, 6.45) is 0. The molecule has 0 saturated heterocycles. The van der Waals surface area contributed by atoms with Gasteiger partial charge in [0.2, 0.25) is 5.89 Å². The van der Waals surface area contributed by atoms with E-state index in [1.165, 1.54) is 0 Å². The summed E-state index contributed by atoms with van der Waals surface area (Å²) in [4.78, 5) is 4.45.